The highest BCUT2D eigenvalue weighted by Gasteiger charge is 2.19. The van der Waals surface area contributed by atoms with Crippen LogP contribution in [0.1, 0.15) is 23.2 Å². The van der Waals surface area contributed by atoms with Crippen molar-refractivity contribution >= 4 is 17.4 Å². The van der Waals surface area contributed by atoms with Gasteiger partial charge in [-0.1, -0.05) is 12.1 Å². The van der Waals surface area contributed by atoms with E-state index in [2.05, 4.69) is 0 Å². The van der Waals surface area contributed by atoms with Crippen molar-refractivity contribution in [2.75, 3.05) is 18.0 Å². The first-order valence-corrected chi connectivity index (χ1v) is 5.34. The lowest BCUT2D eigenvalue weighted by molar-refractivity contribution is -0.119. The van der Waals surface area contributed by atoms with E-state index in [1.54, 1.807) is 12.1 Å². The van der Waals surface area contributed by atoms with E-state index in [9.17, 15) is 9.59 Å². The lowest BCUT2D eigenvalue weighted by Gasteiger charge is -2.29. The first-order chi connectivity index (χ1) is 7.68. The predicted molar refractivity (Wildman–Crippen MR) is 61.4 cm³/mol. The minimum Gasteiger partial charge on any atom is -0.370 e. The van der Waals surface area contributed by atoms with Gasteiger partial charge in [0.25, 0.3) is 5.91 Å². The van der Waals surface area contributed by atoms with Crippen molar-refractivity contribution in [3.8, 4) is 0 Å². The summed E-state index contributed by atoms with van der Waals surface area (Å²) in [6.45, 7) is 1.34. The molecule has 1 aromatic carbocycles. The molecule has 0 radical (unpaired) electrons. The average molecular weight is 218 g/mol. The van der Waals surface area contributed by atoms with Crippen LogP contribution in [0.15, 0.2) is 24.3 Å². The van der Waals surface area contributed by atoms with Gasteiger partial charge in [-0.05, 0) is 12.1 Å². The number of piperidine rings is 1. The van der Waals surface area contributed by atoms with E-state index in [0.29, 0.717) is 31.5 Å². The predicted octanol–water partition coefficient (Wildman–Crippen LogP) is 0.955. The standard InChI is InChI=1S/C12H14N2O2/c13-12(16)10-3-1-2-4-11(10)14-7-5-9(15)6-8-14/h1-4H,5-8H2,(H2,13,16). The number of ketones is 1. The first-order valence-electron chi connectivity index (χ1n) is 5.34. The number of benzene rings is 1. The van der Waals surface area contributed by atoms with Crippen LogP contribution in [0.25, 0.3) is 0 Å². The number of carbonyl (C=O) groups is 2. The van der Waals surface area contributed by atoms with Gasteiger partial charge >= 0.3 is 0 Å². The Hall–Kier alpha value is -1.84. The maximum atomic E-state index is 11.3. The highest BCUT2D eigenvalue weighted by atomic mass is 16.1. The Balaban J connectivity index is 2.26. The zero-order valence-corrected chi connectivity index (χ0v) is 8.98. The molecule has 0 aromatic heterocycles. The molecule has 0 atom stereocenters. The van der Waals surface area contributed by atoms with Crippen LogP contribution in [-0.2, 0) is 4.79 Å². The number of hydrogen-bond acceptors (Lipinski definition) is 3. The summed E-state index contributed by atoms with van der Waals surface area (Å²) in [5.74, 6) is -0.139. The SMILES string of the molecule is NC(=O)c1ccccc1N1CCC(=O)CC1. The van der Waals surface area contributed by atoms with E-state index in [0.717, 1.165) is 5.69 Å². The fourth-order valence-corrected chi connectivity index (χ4v) is 1.95. The summed E-state index contributed by atoms with van der Waals surface area (Å²) >= 11 is 0. The van der Waals surface area contributed by atoms with Gasteiger partial charge < -0.3 is 10.6 Å². The second-order valence-electron chi connectivity index (χ2n) is 3.91. The van der Waals surface area contributed by atoms with E-state index >= 15 is 0 Å². The molecule has 4 nitrogen and oxygen atoms in total. The minimum absolute atomic E-state index is 0.285. The maximum Gasteiger partial charge on any atom is 0.250 e. The second-order valence-corrected chi connectivity index (χ2v) is 3.91. The van der Waals surface area contributed by atoms with Crippen LogP contribution < -0.4 is 10.6 Å². The smallest absolute Gasteiger partial charge is 0.250 e. The lowest BCUT2D eigenvalue weighted by Crippen LogP contribution is -2.35. The minimum atomic E-state index is -0.424. The highest BCUT2D eigenvalue weighted by Crippen LogP contribution is 2.22. The number of para-hydroxylation sites is 1. The summed E-state index contributed by atoms with van der Waals surface area (Å²) in [5, 5.41) is 0. The van der Waals surface area contributed by atoms with Gasteiger partial charge in [-0.25, -0.2) is 0 Å². The summed E-state index contributed by atoms with van der Waals surface area (Å²) in [5.41, 5.74) is 6.68. The number of Topliss-reactive ketones (excluding diaryl/α,β-unsaturated/α-hetero) is 1. The third-order valence-electron chi connectivity index (χ3n) is 2.83. The van der Waals surface area contributed by atoms with Gasteiger partial charge in [0, 0.05) is 31.6 Å². The number of hydrogen-bond donors (Lipinski definition) is 1. The Morgan fingerprint density at radius 3 is 2.44 bits per heavy atom. The normalized spacial score (nSPS) is 16.2. The van der Waals surface area contributed by atoms with Crippen molar-refractivity contribution in [1.82, 2.24) is 0 Å². The Kier molecular flexibility index (Phi) is 2.90. The molecule has 0 unspecified atom stereocenters. The number of nitrogens with zero attached hydrogens (tertiary/aromatic N) is 1. The molecule has 1 heterocycles. The van der Waals surface area contributed by atoms with Crippen molar-refractivity contribution in [2.24, 2.45) is 5.73 Å². The summed E-state index contributed by atoms with van der Waals surface area (Å²) in [4.78, 5) is 24.4. The van der Waals surface area contributed by atoms with Crippen LogP contribution in [0.4, 0.5) is 5.69 Å². The number of anilines is 1. The fraction of sp³-hybridized carbons (Fsp3) is 0.333. The van der Waals surface area contributed by atoms with E-state index in [1.165, 1.54) is 0 Å². The second kappa shape index (κ2) is 4.35. The molecule has 2 rings (SSSR count). The van der Waals surface area contributed by atoms with E-state index < -0.39 is 5.91 Å². The Labute approximate surface area is 94.0 Å². The Bertz CT molecular complexity index is 419. The van der Waals surface area contributed by atoms with Gasteiger partial charge in [0.15, 0.2) is 0 Å². The van der Waals surface area contributed by atoms with Crippen LogP contribution in [0.5, 0.6) is 0 Å². The van der Waals surface area contributed by atoms with Crippen molar-refractivity contribution < 1.29 is 9.59 Å². The average Bonchev–Trinajstić information content (AvgIpc) is 2.30. The molecule has 1 aromatic rings. The summed E-state index contributed by atoms with van der Waals surface area (Å²) in [7, 11) is 0. The van der Waals surface area contributed by atoms with Gasteiger partial charge in [0.05, 0.1) is 5.56 Å². The molecule has 1 amide bonds. The molecule has 0 saturated carbocycles. The summed E-state index contributed by atoms with van der Waals surface area (Å²) in [6, 6.07) is 7.25. The van der Waals surface area contributed by atoms with Gasteiger partial charge in [-0.2, -0.15) is 0 Å². The zero-order chi connectivity index (χ0) is 11.5. The summed E-state index contributed by atoms with van der Waals surface area (Å²) in [6.07, 6.45) is 1.10. The quantitative estimate of drug-likeness (QED) is 0.804. The Morgan fingerprint density at radius 2 is 1.81 bits per heavy atom. The molecule has 2 N–H and O–H groups in total. The molecule has 1 aliphatic rings. The molecule has 0 aliphatic carbocycles. The van der Waals surface area contributed by atoms with Crippen LogP contribution in [-0.4, -0.2) is 24.8 Å². The van der Waals surface area contributed by atoms with Crippen molar-refractivity contribution in [3.63, 3.8) is 0 Å². The third-order valence-corrected chi connectivity index (χ3v) is 2.83. The van der Waals surface area contributed by atoms with Crippen LogP contribution in [0.3, 0.4) is 0 Å². The topological polar surface area (TPSA) is 63.4 Å². The zero-order valence-electron chi connectivity index (χ0n) is 8.98. The van der Waals surface area contributed by atoms with E-state index in [4.69, 9.17) is 5.73 Å². The van der Waals surface area contributed by atoms with Crippen LogP contribution >= 0.6 is 0 Å². The van der Waals surface area contributed by atoms with Crippen LogP contribution in [0.2, 0.25) is 0 Å². The molecule has 1 fully saturated rings. The van der Waals surface area contributed by atoms with Crippen LogP contribution in [0, 0.1) is 0 Å². The largest absolute Gasteiger partial charge is 0.370 e. The lowest BCUT2D eigenvalue weighted by atomic mass is 10.1. The number of rotatable bonds is 2. The molecule has 84 valence electrons. The van der Waals surface area contributed by atoms with Crippen molar-refractivity contribution in [1.29, 1.82) is 0 Å². The molecule has 1 saturated heterocycles. The Morgan fingerprint density at radius 1 is 1.19 bits per heavy atom. The number of nitrogens with two attached hydrogens (primary N) is 1. The summed E-state index contributed by atoms with van der Waals surface area (Å²) < 4.78 is 0. The molecule has 4 heteroatoms. The van der Waals surface area contributed by atoms with Gasteiger partial charge in [0.2, 0.25) is 0 Å². The monoisotopic (exact) mass is 218 g/mol. The molecule has 0 spiro atoms. The van der Waals surface area contributed by atoms with E-state index in [1.807, 2.05) is 17.0 Å². The maximum absolute atomic E-state index is 11.3. The van der Waals surface area contributed by atoms with Gasteiger partial charge in [-0.3, -0.25) is 9.59 Å². The fourth-order valence-electron chi connectivity index (χ4n) is 1.95. The molecular formula is C12H14N2O2. The number of carbonyl (C=O) groups excluding carboxylic acids is 2. The van der Waals surface area contributed by atoms with Gasteiger partial charge in [0.1, 0.15) is 5.78 Å². The molecule has 0 bridgehead atoms. The molecule has 16 heavy (non-hydrogen) atoms. The van der Waals surface area contributed by atoms with E-state index in [-0.39, 0.29) is 5.78 Å². The third kappa shape index (κ3) is 2.05. The molecule has 1 aliphatic heterocycles. The van der Waals surface area contributed by atoms with Gasteiger partial charge in [-0.15, -0.1) is 0 Å². The van der Waals surface area contributed by atoms with Crippen molar-refractivity contribution in [3.05, 3.63) is 29.8 Å². The van der Waals surface area contributed by atoms with Crippen molar-refractivity contribution in [2.45, 2.75) is 12.8 Å². The number of primary amides is 1. The molecular weight excluding hydrogens is 204 g/mol. The number of amides is 1. The first kappa shape index (κ1) is 10.7. The highest BCUT2D eigenvalue weighted by molar-refractivity contribution is 5.99.